The zero-order chi connectivity index (χ0) is 13.4. The summed E-state index contributed by atoms with van der Waals surface area (Å²) in [5.41, 5.74) is 1.74. The summed E-state index contributed by atoms with van der Waals surface area (Å²) in [4.78, 5) is 10.9. The lowest BCUT2D eigenvalue weighted by molar-refractivity contribution is 0.0697. The van der Waals surface area contributed by atoms with Gasteiger partial charge in [0.1, 0.15) is 5.52 Å². The van der Waals surface area contributed by atoms with Gasteiger partial charge in [-0.1, -0.05) is 5.21 Å². The van der Waals surface area contributed by atoms with Crippen LogP contribution in [0.4, 0.5) is 0 Å². The van der Waals surface area contributed by atoms with Crippen LogP contribution in [0, 0.1) is 0 Å². The van der Waals surface area contributed by atoms with E-state index in [4.69, 9.17) is 9.84 Å². The summed E-state index contributed by atoms with van der Waals surface area (Å²) in [6, 6.07) is 5.21. The highest BCUT2D eigenvalue weighted by Crippen LogP contribution is 2.32. The van der Waals surface area contributed by atoms with Crippen LogP contribution in [0.3, 0.4) is 0 Å². The van der Waals surface area contributed by atoms with Crippen molar-refractivity contribution in [2.45, 2.75) is 31.4 Å². The van der Waals surface area contributed by atoms with Crippen LogP contribution in [0.5, 0.6) is 0 Å². The molecule has 1 heterocycles. The van der Waals surface area contributed by atoms with Crippen LogP contribution >= 0.6 is 0 Å². The lowest BCUT2D eigenvalue weighted by atomic mass is 10.2. The third-order valence-corrected chi connectivity index (χ3v) is 3.75. The van der Waals surface area contributed by atoms with Gasteiger partial charge in [0.05, 0.1) is 23.2 Å². The number of rotatable bonds is 3. The highest BCUT2D eigenvalue weighted by atomic mass is 16.5. The molecular weight excluding hydrogens is 246 g/mol. The lowest BCUT2D eigenvalue weighted by Crippen LogP contribution is -2.10. The molecule has 0 spiro atoms. The molecule has 19 heavy (non-hydrogen) atoms. The van der Waals surface area contributed by atoms with Crippen molar-refractivity contribution in [1.29, 1.82) is 0 Å². The summed E-state index contributed by atoms with van der Waals surface area (Å²) >= 11 is 0. The smallest absolute Gasteiger partial charge is 0.335 e. The average molecular weight is 261 g/mol. The molecule has 2 unspecified atom stereocenters. The molecule has 6 heteroatoms. The van der Waals surface area contributed by atoms with E-state index in [0.29, 0.717) is 5.52 Å². The second-order valence-electron chi connectivity index (χ2n) is 4.87. The monoisotopic (exact) mass is 261 g/mol. The summed E-state index contributed by atoms with van der Waals surface area (Å²) in [5.74, 6) is -0.947. The second-order valence-corrected chi connectivity index (χ2v) is 4.87. The number of methoxy groups -OCH3 is 1. The Labute approximate surface area is 110 Å². The first kappa shape index (κ1) is 12.1. The number of carboxylic acid groups (broad SMARTS) is 1. The number of carboxylic acids is 1. The van der Waals surface area contributed by atoms with E-state index in [1.165, 1.54) is 0 Å². The zero-order valence-corrected chi connectivity index (χ0v) is 10.6. The van der Waals surface area contributed by atoms with Crippen molar-refractivity contribution in [1.82, 2.24) is 15.0 Å². The molecule has 1 aromatic heterocycles. The van der Waals surface area contributed by atoms with Crippen LogP contribution in [-0.2, 0) is 4.74 Å². The minimum absolute atomic E-state index is 0.237. The summed E-state index contributed by atoms with van der Waals surface area (Å²) < 4.78 is 7.25. The Bertz CT molecular complexity index is 623. The first-order chi connectivity index (χ1) is 9.19. The van der Waals surface area contributed by atoms with Crippen molar-refractivity contribution >= 4 is 17.0 Å². The van der Waals surface area contributed by atoms with E-state index < -0.39 is 5.97 Å². The fourth-order valence-electron chi connectivity index (χ4n) is 2.70. The maximum atomic E-state index is 10.9. The van der Waals surface area contributed by atoms with Gasteiger partial charge < -0.3 is 9.84 Å². The minimum Gasteiger partial charge on any atom is -0.478 e. The number of ether oxygens (including phenoxy) is 1. The molecule has 0 aliphatic heterocycles. The summed E-state index contributed by atoms with van der Waals surface area (Å²) in [6.45, 7) is 0. The number of fused-ring (bicyclic) bond motifs is 1. The van der Waals surface area contributed by atoms with E-state index in [0.717, 1.165) is 24.8 Å². The number of hydrogen-bond donors (Lipinski definition) is 1. The van der Waals surface area contributed by atoms with Crippen LogP contribution in [-0.4, -0.2) is 39.3 Å². The van der Waals surface area contributed by atoms with Gasteiger partial charge in [-0.05, 0) is 37.5 Å². The van der Waals surface area contributed by atoms with Gasteiger partial charge >= 0.3 is 5.97 Å². The maximum Gasteiger partial charge on any atom is 0.335 e. The number of nitrogens with zero attached hydrogens (tertiary/aromatic N) is 3. The van der Waals surface area contributed by atoms with Gasteiger partial charge in [-0.3, -0.25) is 0 Å². The minimum atomic E-state index is -0.947. The highest BCUT2D eigenvalue weighted by Gasteiger charge is 2.27. The van der Waals surface area contributed by atoms with Crippen LogP contribution in [0.25, 0.3) is 11.0 Å². The Balaban J connectivity index is 1.95. The van der Waals surface area contributed by atoms with Gasteiger partial charge in [0.25, 0.3) is 0 Å². The van der Waals surface area contributed by atoms with Crippen molar-refractivity contribution in [2.24, 2.45) is 0 Å². The molecule has 0 bridgehead atoms. The molecule has 6 nitrogen and oxygen atoms in total. The van der Waals surface area contributed by atoms with Gasteiger partial charge in [0.2, 0.25) is 0 Å². The van der Waals surface area contributed by atoms with E-state index >= 15 is 0 Å². The predicted molar refractivity (Wildman–Crippen MR) is 68.2 cm³/mol. The van der Waals surface area contributed by atoms with E-state index in [1.807, 2.05) is 4.68 Å². The van der Waals surface area contributed by atoms with Gasteiger partial charge in [-0.25, -0.2) is 9.48 Å². The first-order valence-corrected chi connectivity index (χ1v) is 6.30. The van der Waals surface area contributed by atoms with Gasteiger partial charge in [-0.15, -0.1) is 5.10 Å². The van der Waals surface area contributed by atoms with Crippen molar-refractivity contribution in [3.8, 4) is 0 Å². The Morgan fingerprint density at radius 3 is 3.00 bits per heavy atom. The summed E-state index contributed by atoms with van der Waals surface area (Å²) in [6.07, 6.45) is 3.24. The van der Waals surface area contributed by atoms with Gasteiger partial charge in [0, 0.05) is 7.11 Å². The third kappa shape index (κ3) is 2.08. The largest absolute Gasteiger partial charge is 0.478 e. The topological polar surface area (TPSA) is 77.2 Å². The van der Waals surface area contributed by atoms with E-state index in [1.54, 1.807) is 25.3 Å². The molecule has 1 aliphatic carbocycles. The predicted octanol–water partition coefficient (Wildman–Crippen LogP) is 1.87. The molecular formula is C13H15N3O3. The fraction of sp³-hybridized carbons (Fsp3) is 0.462. The standard InChI is InChI=1S/C13H15N3O3/c1-19-10-4-3-9(7-10)16-12-5-2-8(13(17)18)6-11(12)14-15-16/h2,5-6,9-10H,3-4,7H2,1H3,(H,17,18). The molecule has 1 saturated carbocycles. The van der Waals surface area contributed by atoms with Crippen LogP contribution in [0.1, 0.15) is 35.7 Å². The molecule has 0 amide bonds. The molecule has 1 aromatic carbocycles. The Kier molecular flexibility index (Phi) is 2.94. The number of benzene rings is 1. The fourth-order valence-corrected chi connectivity index (χ4v) is 2.70. The molecule has 1 N–H and O–H groups in total. The molecule has 0 radical (unpaired) electrons. The molecule has 0 saturated heterocycles. The van der Waals surface area contributed by atoms with Gasteiger partial charge in [0.15, 0.2) is 0 Å². The van der Waals surface area contributed by atoms with Crippen molar-refractivity contribution < 1.29 is 14.6 Å². The quantitative estimate of drug-likeness (QED) is 0.912. The highest BCUT2D eigenvalue weighted by molar-refractivity contribution is 5.92. The zero-order valence-electron chi connectivity index (χ0n) is 10.6. The molecule has 3 rings (SSSR count). The number of aromatic carboxylic acids is 1. The Hall–Kier alpha value is -1.95. The number of hydrogen-bond acceptors (Lipinski definition) is 4. The summed E-state index contributed by atoms with van der Waals surface area (Å²) in [5, 5.41) is 17.2. The third-order valence-electron chi connectivity index (χ3n) is 3.75. The Morgan fingerprint density at radius 1 is 1.47 bits per heavy atom. The van der Waals surface area contributed by atoms with Crippen LogP contribution < -0.4 is 0 Å². The van der Waals surface area contributed by atoms with E-state index in [9.17, 15) is 4.79 Å². The van der Waals surface area contributed by atoms with Gasteiger partial charge in [-0.2, -0.15) is 0 Å². The molecule has 2 atom stereocenters. The van der Waals surface area contributed by atoms with Crippen LogP contribution in [0.15, 0.2) is 18.2 Å². The molecule has 1 aliphatic rings. The average Bonchev–Trinajstić information content (AvgIpc) is 3.03. The van der Waals surface area contributed by atoms with Crippen molar-refractivity contribution in [3.05, 3.63) is 23.8 Å². The first-order valence-electron chi connectivity index (χ1n) is 6.30. The normalized spacial score (nSPS) is 23.0. The van der Waals surface area contributed by atoms with Crippen LogP contribution in [0.2, 0.25) is 0 Å². The SMILES string of the molecule is COC1CCC(n2nnc3cc(C(=O)O)ccc32)C1. The molecule has 100 valence electrons. The Morgan fingerprint density at radius 2 is 2.32 bits per heavy atom. The van der Waals surface area contributed by atoms with E-state index in [2.05, 4.69) is 10.3 Å². The molecule has 2 aromatic rings. The van der Waals surface area contributed by atoms with Crippen molar-refractivity contribution in [2.75, 3.05) is 7.11 Å². The lowest BCUT2D eigenvalue weighted by Gasteiger charge is -2.11. The van der Waals surface area contributed by atoms with Crippen molar-refractivity contribution in [3.63, 3.8) is 0 Å². The van der Waals surface area contributed by atoms with E-state index in [-0.39, 0.29) is 17.7 Å². The number of carbonyl (C=O) groups is 1. The maximum absolute atomic E-state index is 10.9. The molecule has 1 fully saturated rings. The second kappa shape index (κ2) is 4.62. The summed E-state index contributed by atoms with van der Waals surface area (Å²) in [7, 11) is 1.73. The number of aromatic nitrogens is 3.